The van der Waals surface area contributed by atoms with Gasteiger partial charge in [-0.15, -0.1) is 0 Å². The zero-order valence-corrected chi connectivity index (χ0v) is 13.7. The number of rotatable bonds is 5. The number of amidine groups is 1. The molecule has 6 nitrogen and oxygen atoms in total. The number of benzene rings is 1. The van der Waals surface area contributed by atoms with Crippen LogP contribution in [0.4, 0.5) is 0 Å². The van der Waals surface area contributed by atoms with E-state index in [1.165, 1.54) is 4.31 Å². The highest BCUT2D eigenvalue weighted by molar-refractivity contribution is 7.89. The van der Waals surface area contributed by atoms with Gasteiger partial charge in [0, 0.05) is 19.2 Å². The predicted molar refractivity (Wildman–Crippen MR) is 83.7 cm³/mol. The summed E-state index contributed by atoms with van der Waals surface area (Å²) in [6.07, 6.45) is 0. The van der Waals surface area contributed by atoms with Crippen molar-refractivity contribution in [1.29, 1.82) is 0 Å². The molecule has 0 heterocycles. The van der Waals surface area contributed by atoms with E-state index in [1.54, 1.807) is 31.3 Å². The number of hydrogen-bond acceptors (Lipinski definition) is 4. The quantitative estimate of drug-likeness (QED) is 0.373. The van der Waals surface area contributed by atoms with E-state index in [2.05, 4.69) is 5.16 Å². The molecular formula is C14H23N3O3S. The van der Waals surface area contributed by atoms with E-state index in [4.69, 9.17) is 10.9 Å². The fraction of sp³-hybridized carbons (Fsp3) is 0.500. The Balaban J connectivity index is 2.91. The first-order chi connectivity index (χ1) is 9.55. The van der Waals surface area contributed by atoms with Crippen molar-refractivity contribution in [3.05, 3.63) is 35.4 Å². The maximum atomic E-state index is 12.3. The molecule has 0 saturated heterocycles. The second kappa shape index (κ2) is 6.44. The van der Waals surface area contributed by atoms with Gasteiger partial charge in [0.2, 0.25) is 10.0 Å². The fourth-order valence-corrected chi connectivity index (χ4v) is 3.56. The molecule has 0 aliphatic carbocycles. The highest BCUT2D eigenvalue weighted by atomic mass is 32.2. The van der Waals surface area contributed by atoms with Crippen LogP contribution in [0.15, 0.2) is 29.4 Å². The van der Waals surface area contributed by atoms with Crippen LogP contribution in [-0.2, 0) is 16.6 Å². The van der Waals surface area contributed by atoms with E-state index < -0.39 is 10.0 Å². The molecule has 0 aliphatic rings. The summed E-state index contributed by atoms with van der Waals surface area (Å²) in [6.45, 7) is 5.90. The molecule has 0 aromatic heterocycles. The Morgan fingerprint density at radius 3 is 2.52 bits per heavy atom. The van der Waals surface area contributed by atoms with Gasteiger partial charge in [0.05, 0.1) is 5.75 Å². The average Bonchev–Trinajstić information content (AvgIpc) is 2.35. The van der Waals surface area contributed by atoms with Crippen molar-refractivity contribution in [2.75, 3.05) is 12.8 Å². The summed E-state index contributed by atoms with van der Waals surface area (Å²) in [5, 5.41) is 11.6. The van der Waals surface area contributed by atoms with Gasteiger partial charge in [0.25, 0.3) is 0 Å². The Labute approximate surface area is 126 Å². The van der Waals surface area contributed by atoms with Gasteiger partial charge >= 0.3 is 0 Å². The second-order valence-corrected chi connectivity index (χ2v) is 8.33. The van der Waals surface area contributed by atoms with Crippen molar-refractivity contribution < 1.29 is 13.6 Å². The molecule has 21 heavy (non-hydrogen) atoms. The molecule has 0 amide bonds. The van der Waals surface area contributed by atoms with Crippen molar-refractivity contribution in [3.63, 3.8) is 0 Å². The minimum absolute atomic E-state index is 0.00273. The van der Waals surface area contributed by atoms with E-state index in [0.717, 1.165) is 5.56 Å². The predicted octanol–water partition coefficient (Wildman–Crippen LogP) is 1.59. The summed E-state index contributed by atoms with van der Waals surface area (Å²) in [7, 11) is -1.78. The van der Waals surface area contributed by atoms with Gasteiger partial charge in [-0.2, -0.15) is 0 Å². The molecule has 0 fully saturated rings. The van der Waals surface area contributed by atoms with Crippen LogP contribution in [0.5, 0.6) is 0 Å². The van der Waals surface area contributed by atoms with Gasteiger partial charge in [-0.1, -0.05) is 44.1 Å². The number of nitrogens with zero attached hydrogens (tertiary/aromatic N) is 2. The zero-order chi connectivity index (χ0) is 16.3. The first kappa shape index (κ1) is 17.5. The number of nitrogens with two attached hydrogens (primary N) is 1. The average molecular weight is 313 g/mol. The molecule has 0 radical (unpaired) electrons. The summed E-state index contributed by atoms with van der Waals surface area (Å²) in [4.78, 5) is 0. The maximum absolute atomic E-state index is 12.3. The van der Waals surface area contributed by atoms with E-state index in [0.29, 0.717) is 5.56 Å². The summed E-state index contributed by atoms with van der Waals surface area (Å²) in [6, 6.07) is 6.95. The highest BCUT2D eigenvalue weighted by Crippen LogP contribution is 2.19. The molecule has 0 bridgehead atoms. The largest absolute Gasteiger partial charge is 0.409 e. The second-order valence-electron chi connectivity index (χ2n) is 6.26. The topological polar surface area (TPSA) is 96.0 Å². The van der Waals surface area contributed by atoms with E-state index in [-0.39, 0.29) is 23.5 Å². The maximum Gasteiger partial charge on any atom is 0.214 e. The Kier molecular flexibility index (Phi) is 5.36. The Morgan fingerprint density at radius 2 is 2.00 bits per heavy atom. The Bertz CT molecular complexity index is 619. The van der Waals surface area contributed by atoms with Crippen LogP contribution in [0, 0.1) is 5.41 Å². The van der Waals surface area contributed by atoms with Crippen molar-refractivity contribution in [3.8, 4) is 0 Å². The third-order valence-electron chi connectivity index (χ3n) is 2.83. The molecule has 118 valence electrons. The molecule has 7 heteroatoms. The minimum Gasteiger partial charge on any atom is -0.409 e. The van der Waals surface area contributed by atoms with Gasteiger partial charge in [-0.25, -0.2) is 12.7 Å². The van der Waals surface area contributed by atoms with Gasteiger partial charge in [0.15, 0.2) is 5.84 Å². The lowest BCUT2D eigenvalue weighted by Crippen LogP contribution is -2.33. The van der Waals surface area contributed by atoms with Crippen LogP contribution in [-0.4, -0.2) is 36.6 Å². The van der Waals surface area contributed by atoms with Gasteiger partial charge < -0.3 is 10.9 Å². The lowest BCUT2D eigenvalue weighted by molar-refractivity contribution is 0.318. The molecule has 3 N–H and O–H groups in total. The summed E-state index contributed by atoms with van der Waals surface area (Å²) >= 11 is 0. The molecular weight excluding hydrogens is 290 g/mol. The van der Waals surface area contributed by atoms with E-state index >= 15 is 0 Å². The monoisotopic (exact) mass is 313 g/mol. The lowest BCUT2D eigenvalue weighted by atomic mass is 10.0. The van der Waals surface area contributed by atoms with Crippen LogP contribution >= 0.6 is 0 Å². The van der Waals surface area contributed by atoms with Crippen LogP contribution in [0.3, 0.4) is 0 Å². The standard InChI is InChI=1S/C14H23N3O3S/c1-14(2,3)10-21(19,20)17(4)9-11-6-5-7-12(8-11)13(15)16-18/h5-8,18H,9-10H2,1-4H3,(H2,15,16). The Morgan fingerprint density at radius 1 is 1.38 bits per heavy atom. The smallest absolute Gasteiger partial charge is 0.214 e. The summed E-state index contributed by atoms with van der Waals surface area (Å²) in [5.41, 5.74) is 6.56. The van der Waals surface area contributed by atoms with E-state index in [9.17, 15) is 8.42 Å². The van der Waals surface area contributed by atoms with Crippen LogP contribution < -0.4 is 5.73 Å². The van der Waals surface area contributed by atoms with Crippen molar-refractivity contribution in [2.45, 2.75) is 27.3 Å². The lowest BCUT2D eigenvalue weighted by Gasteiger charge is -2.24. The van der Waals surface area contributed by atoms with Crippen LogP contribution in [0.2, 0.25) is 0 Å². The van der Waals surface area contributed by atoms with Crippen molar-refractivity contribution >= 4 is 15.9 Å². The third-order valence-corrected chi connectivity index (χ3v) is 5.14. The van der Waals surface area contributed by atoms with Crippen LogP contribution in [0.25, 0.3) is 0 Å². The normalized spacial score (nSPS) is 13.7. The molecule has 0 saturated carbocycles. The van der Waals surface area contributed by atoms with Crippen LogP contribution in [0.1, 0.15) is 31.9 Å². The highest BCUT2D eigenvalue weighted by Gasteiger charge is 2.25. The van der Waals surface area contributed by atoms with Crippen molar-refractivity contribution in [1.82, 2.24) is 4.31 Å². The van der Waals surface area contributed by atoms with Gasteiger partial charge in [-0.05, 0) is 17.0 Å². The molecule has 1 rings (SSSR count). The fourth-order valence-electron chi connectivity index (χ4n) is 1.90. The summed E-state index contributed by atoms with van der Waals surface area (Å²) < 4.78 is 25.8. The summed E-state index contributed by atoms with van der Waals surface area (Å²) in [5.74, 6) is 0.0771. The first-order valence-electron chi connectivity index (χ1n) is 6.56. The minimum atomic E-state index is -3.33. The van der Waals surface area contributed by atoms with Gasteiger partial charge in [-0.3, -0.25) is 0 Å². The Hall–Kier alpha value is -1.60. The molecule has 1 aromatic rings. The SMILES string of the molecule is CN(Cc1cccc(C(N)=NO)c1)S(=O)(=O)CC(C)(C)C. The number of hydrogen-bond donors (Lipinski definition) is 2. The molecule has 0 spiro atoms. The molecule has 1 aromatic carbocycles. The third kappa shape index (κ3) is 5.35. The zero-order valence-electron chi connectivity index (χ0n) is 12.9. The molecule has 0 atom stereocenters. The van der Waals surface area contributed by atoms with Crippen molar-refractivity contribution in [2.24, 2.45) is 16.3 Å². The van der Waals surface area contributed by atoms with Gasteiger partial charge in [0.1, 0.15) is 0 Å². The van der Waals surface area contributed by atoms with E-state index in [1.807, 2.05) is 20.8 Å². The number of sulfonamides is 1. The molecule has 0 unspecified atom stereocenters. The molecule has 0 aliphatic heterocycles. The first-order valence-corrected chi connectivity index (χ1v) is 8.17. The number of oxime groups is 1.